The molecule has 0 saturated carbocycles. The maximum atomic E-state index is 16.1. The molecule has 0 radical (unpaired) electrons. The number of nitrogens with zero attached hydrogens (tertiary/aromatic N) is 2. The fraction of sp³-hybridized carbons (Fsp3) is 0.423. The highest BCUT2D eigenvalue weighted by Gasteiger charge is 2.56. The molecular formula is C26H31BF2I2N2O4. The highest BCUT2D eigenvalue weighted by molar-refractivity contribution is 14.1. The molecule has 0 fully saturated rings. The van der Waals surface area contributed by atoms with E-state index in [4.69, 9.17) is 18.9 Å². The van der Waals surface area contributed by atoms with Crippen LogP contribution in [-0.2, 0) is 14.2 Å². The summed E-state index contributed by atoms with van der Waals surface area (Å²) < 4.78 is 58.1. The highest BCUT2D eigenvalue weighted by Crippen LogP contribution is 2.47. The molecular weight excluding hydrogens is 707 g/mol. The van der Waals surface area contributed by atoms with Crippen LogP contribution in [-0.4, -0.2) is 68.4 Å². The topological polar surface area (TPSA) is 44.9 Å². The SMILES string of the molecule is COCCOCCOCCOc1ccc(C2=C3C(C)=C(I)C(C)=[N+]3[B-](F)(F)n3c(C)c(I)c(C)c32)cc1. The molecule has 2 aromatic rings. The van der Waals surface area contributed by atoms with Gasteiger partial charge in [0.1, 0.15) is 18.1 Å². The molecule has 0 amide bonds. The number of methoxy groups -OCH3 is 1. The third-order valence-corrected chi connectivity index (χ3v) is 9.93. The van der Waals surface area contributed by atoms with Gasteiger partial charge in [0.2, 0.25) is 0 Å². The van der Waals surface area contributed by atoms with Crippen LogP contribution in [0.1, 0.15) is 36.4 Å². The van der Waals surface area contributed by atoms with Gasteiger partial charge in [-0.1, -0.05) is 12.1 Å². The van der Waals surface area contributed by atoms with Crippen LogP contribution in [0.3, 0.4) is 0 Å². The van der Waals surface area contributed by atoms with Crippen molar-refractivity contribution < 1.29 is 32.1 Å². The molecule has 2 aliphatic rings. The molecule has 0 bridgehead atoms. The van der Waals surface area contributed by atoms with Crippen LogP contribution in [0.4, 0.5) is 8.63 Å². The van der Waals surface area contributed by atoms with Gasteiger partial charge < -0.3 is 36.5 Å². The second-order valence-corrected chi connectivity index (χ2v) is 11.2. The number of allylic oxidation sites excluding steroid dienone is 2. The van der Waals surface area contributed by atoms with Crippen LogP contribution in [0.25, 0.3) is 5.57 Å². The fourth-order valence-corrected chi connectivity index (χ4v) is 5.98. The molecule has 200 valence electrons. The van der Waals surface area contributed by atoms with Crippen molar-refractivity contribution in [3.8, 4) is 5.75 Å². The van der Waals surface area contributed by atoms with Crippen molar-refractivity contribution in [1.82, 2.24) is 4.48 Å². The Labute approximate surface area is 244 Å². The first-order chi connectivity index (χ1) is 17.6. The number of ether oxygens (including phenoxy) is 4. The second kappa shape index (κ2) is 11.8. The number of fused-ring (bicyclic) bond motifs is 2. The standard InChI is InChI=1S/C26H31BF2I2N2O4/c1-16-23(30)18(3)32-25(16)22(26-17(2)24(31)19(4)33(26)27(32,28)29)20-6-8-21(9-7-20)37-15-14-36-13-12-35-11-10-34-5/h6-9H,10-15H2,1-5H3. The minimum absolute atomic E-state index is 0.404. The lowest BCUT2D eigenvalue weighted by molar-refractivity contribution is -0.363. The smallest absolute Gasteiger partial charge is 0.491 e. The predicted molar refractivity (Wildman–Crippen MR) is 159 cm³/mol. The Morgan fingerprint density at radius 2 is 1.49 bits per heavy atom. The first-order valence-corrected chi connectivity index (χ1v) is 14.3. The Bertz CT molecular complexity index is 1290. The number of halogens is 4. The average molecular weight is 738 g/mol. The van der Waals surface area contributed by atoms with Crippen LogP contribution in [0.2, 0.25) is 0 Å². The van der Waals surface area contributed by atoms with E-state index < -0.39 is 6.97 Å². The van der Waals surface area contributed by atoms with Crippen molar-refractivity contribution in [3.05, 3.63) is 65.2 Å². The van der Waals surface area contributed by atoms with E-state index in [9.17, 15) is 0 Å². The maximum Gasteiger partial charge on any atom is 0.737 e. The van der Waals surface area contributed by atoms with E-state index in [1.807, 2.05) is 38.1 Å². The number of rotatable bonds is 11. The van der Waals surface area contributed by atoms with Gasteiger partial charge >= 0.3 is 6.97 Å². The number of benzene rings is 1. The van der Waals surface area contributed by atoms with Gasteiger partial charge in [-0.2, -0.15) is 0 Å². The quantitative estimate of drug-likeness (QED) is 0.162. The zero-order valence-corrected chi connectivity index (χ0v) is 26.0. The van der Waals surface area contributed by atoms with E-state index in [-0.39, 0.29) is 0 Å². The predicted octanol–water partition coefficient (Wildman–Crippen LogP) is 5.96. The highest BCUT2D eigenvalue weighted by atomic mass is 127. The molecule has 0 aliphatic carbocycles. The van der Waals surface area contributed by atoms with Crippen molar-refractivity contribution in [2.45, 2.75) is 27.7 Å². The summed E-state index contributed by atoms with van der Waals surface area (Å²) in [6, 6.07) is 7.66. The molecule has 0 atom stereocenters. The molecule has 0 saturated heterocycles. The summed E-state index contributed by atoms with van der Waals surface area (Å²) in [5.41, 5.74) is 5.80. The van der Waals surface area contributed by atoms with Gasteiger partial charge in [0.15, 0.2) is 5.70 Å². The zero-order valence-electron chi connectivity index (χ0n) is 21.7. The summed E-state index contributed by atoms with van der Waals surface area (Å²) in [4.78, 5) is 0. The Kier molecular flexibility index (Phi) is 9.19. The minimum Gasteiger partial charge on any atom is -0.491 e. The third kappa shape index (κ3) is 5.30. The second-order valence-electron chi connectivity index (χ2n) is 9.04. The molecule has 11 heteroatoms. The maximum absolute atomic E-state index is 16.1. The number of hydrogen-bond acceptors (Lipinski definition) is 4. The molecule has 0 spiro atoms. The Hall–Kier alpha value is -1.29. The van der Waals surface area contributed by atoms with Crippen LogP contribution < -0.4 is 4.74 Å². The van der Waals surface area contributed by atoms with Gasteiger partial charge in [-0.15, -0.1) is 0 Å². The van der Waals surface area contributed by atoms with Crippen LogP contribution in [0.15, 0.2) is 39.1 Å². The van der Waals surface area contributed by atoms with Gasteiger partial charge in [0, 0.05) is 28.9 Å². The summed E-state index contributed by atoms with van der Waals surface area (Å²) in [7, 11) is 1.64. The van der Waals surface area contributed by atoms with Gasteiger partial charge in [-0.05, 0) is 94.9 Å². The molecule has 1 aromatic heterocycles. The first kappa shape index (κ1) is 28.7. The number of hydrogen-bond donors (Lipinski definition) is 0. The number of aromatic nitrogens is 1. The minimum atomic E-state index is -4.02. The molecule has 0 N–H and O–H groups in total. The van der Waals surface area contributed by atoms with Crippen LogP contribution in [0, 0.1) is 17.4 Å². The van der Waals surface area contributed by atoms with Gasteiger partial charge in [0.25, 0.3) is 0 Å². The van der Waals surface area contributed by atoms with Crippen LogP contribution >= 0.6 is 45.2 Å². The summed E-state index contributed by atoms with van der Waals surface area (Å²) >= 11 is 4.36. The normalized spacial score (nSPS) is 16.6. The summed E-state index contributed by atoms with van der Waals surface area (Å²) in [6.07, 6.45) is 0. The molecule has 2 aliphatic heterocycles. The van der Waals surface area contributed by atoms with Crippen molar-refractivity contribution in [1.29, 1.82) is 0 Å². The summed E-state index contributed by atoms with van der Waals surface area (Å²) in [5.74, 6) is 0.699. The first-order valence-electron chi connectivity index (χ1n) is 12.1. The largest absolute Gasteiger partial charge is 0.737 e. The van der Waals surface area contributed by atoms with Crippen molar-refractivity contribution in [2.24, 2.45) is 0 Å². The van der Waals surface area contributed by atoms with E-state index in [1.54, 1.807) is 21.0 Å². The molecule has 4 rings (SSSR count). The van der Waals surface area contributed by atoms with Crippen LogP contribution in [0.5, 0.6) is 5.75 Å². The van der Waals surface area contributed by atoms with Crippen molar-refractivity contribution in [3.63, 3.8) is 0 Å². The molecule has 37 heavy (non-hydrogen) atoms. The van der Waals surface area contributed by atoms with E-state index >= 15 is 8.63 Å². The lowest BCUT2D eigenvalue weighted by Crippen LogP contribution is -2.51. The van der Waals surface area contributed by atoms with Gasteiger partial charge in [-0.25, -0.2) is 0 Å². The summed E-state index contributed by atoms with van der Waals surface area (Å²) in [6.45, 7) is 6.35. The van der Waals surface area contributed by atoms with E-state index in [0.717, 1.165) is 29.4 Å². The van der Waals surface area contributed by atoms with E-state index in [1.165, 1.54) is 8.96 Å². The Morgan fingerprint density at radius 1 is 0.892 bits per heavy atom. The fourth-order valence-electron chi connectivity index (χ4n) is 4.95. The third-order valence-electron chi connectivity index (χ3n) is 6.75. The Morgan fingerprint density at radius 3 is 2.11 bits per heavy atom. The van der Waals surface area contributed by atoms with E-state index in [2.05, 4.69) is 45.2 Å². The lowest BCUT2D eigenvalue weighted by atomic mass is 9.84. The molecule has 0 unspecified atom stereocenters. The van der Waals surface area contributed by atoms with Crippen molar-refractivity contribution >= 4 is 63.4 Å². The summed E-state index contributed by atoms with van der Waals surface area (Å²) in [5, 5.41) is 0. The monoisotopic (exact) mass is 738 g/mol. The Balaban J connectivity index is 1.58. The zero-order chi connectivity index (χ0) is 26.9. The van der Waals surface area contributed by atoms with Crippen molar-refractivity contribution in [2.75, 3.05) is 46.8 Å². The van der Waals surface area contributed by atoms with Gasteiger partial charge in [0.05, 0.1) is 42.2 Å². The van der Waals surface area contributed by atoms with Gasteiger partial charge in [-0.3, -0.25) is 0 Å². The molecule has 1 aromatic carbocycles. The molecule has 3 heterocycles. The molecule has 6 nitrogen and oxygen atoms in total. The lowest BCUT2D eigenvalue weighted by Gasteiger charge is -2.33. The van der Waals surface area contributed by atoms with E-state index in [0.29, 0.717) is 68.2 Å². The average Bonchev–Trinajstić information content (AvgIpc) is 3.25.